The van der Waals surface area contributed by atoms with Gasteiger partial charge in [0, 0.05) is 12.6 Å². The van der Waals surface area contributed by atoms with E-state index < -0.39 is 23.3 Å². The molecule has 2 N–H and O–H groups in total. The lowest BCUT2D eigenvalue weighted by Crippen LogP contribution is -2.28. The molecular weight excluding hydrogens is 461 g/mol. The molecule has 0 spiro atoms. The number of carboxylic acid groups (broad SMARTS) is 1. The molecule has 6 nitrogen and oxygen atoms in total. The average Bonchev–Trinajstić information content (AvgIpc) is 2.84. The van der Waals surface area contributed by atoms with Crippen LogP contribution in [-0.2, 0) is 6.42 Å². The van der Waals surface area contributed by atoms with Crippen LogP contribution in [0, 0.1) is 11.7 Å². The average molecular weight is 488 g/mol. The molecule has 4 rings (SSSR count). The molecule has 8 heteroatoms. The number of fused-ring (bicyclic) bond motifs is 1. The molecule has 180 valence electrons. The molecular formula is C26H27ClFNO5. The Morgan fingerprint density at radius 3 is 2.65 bits per heavy atom. The molecule has 1 aliphatic rings. The molecule has 0 radical (unpaired) electrons. The van der Waals surface area contributed by atoms with Crippen LogP contribution < -0.4 is 10.2 Å². The number of aromatic carboxylic acids is 1. The number of hydrogen-bond acceptors (Lipinski definition) is 4. The lowest BCUT2D eigenvalue weighted by molar-refractivity contribution is 0.0693. The first-order valence-electron chi connectivity index (χ1n) is 11.4. The highest BCUT2D eigenvalue weighted by Gasteiger charge is 2.28. The molecule has 0 amide bonds. The lowest BCUT2D eigenvalue weighted by Gasteiger charge is -2.32. The molecule has 1 atom stereocenters. The minimum atomic E-state index is -1.34. The van der Waals surface area contributed by atoms with Crippen LogP contribution in [0.3, 0.4) is 0 Å². The third kappa shape index (κ3) is 4.55. The van der Waals surface area contributed by atoms with Gasteiger partial charge >= 0.3 is 5.97 Å². The van der Waals surface area contributed by atoms with Crippen molar-refractivity contribution < 1.29 is 24.1 Å². The molecule has 1 aromatic heterocycles. The van der Waals surface area contributed by atoms with Gasteiger partial charge in [0.2, 0.25) is 5.43 Å². The van der Waals surface area contributed by atoms with Gasteiger partial charge in [-0.25, -0.2) is 9.18 Å². The number of carboxylic acids is 1. The van der Waals surface area contributed by atoms with E-state index in [0.717, 1.165) is 32.1 Å². The third-order valence-electron chi connectivity index (χ3n) is 6.77. The van der Waals surface area contributed by atoms with Crippen molar-refractivity contribution in [2.75, 3.05) is 13.7 Å². The highest BCUT2D eigenvalue weighted by Crippen LogP contribution is 2.37. The van der Waals surface area contributed by atoms with E-state index in [1.54, 1.807) is 28.8 Å². The van der Waals surface area contributed by atoms with Crippen LogP contribution >= 0.6 is 11.6 Å². The molecule has 1 saturated carbocycles. The summed E-state index contributed by atoms with van der Waals surface area (Å²) in [5.74, 6) is -1.38. The number of nitrogens with zero attached hydrogens (tertiary/aromatic N) is 1. The number of rotatable bonds is 7. The van der Waals surface area contributed by atoms with E-state index in [1.165, 1.54) is 19.4 Å². The number of halogens is 2. The van der Waals surface area contributed by atoms with Gasteiger partial charge in [-0.2, -0.15) is 0 Å². The maximum atomic E-state index is 14.5. The van der Waals surface area contributed by atoms with Crippen molar-refractivity contribution in [1.82, 2.24) is 4.57 Å². The van der Waals surface area contributed by atoms with E-state index in [4.69, 9.17) is 16.3 Å². The Hall–Kier alpha value is -2.90. The zero-order valence-electron chi connectivity index (χ0n) is 18.9. The Morgan fingerprint density at radius 1 is 1.26 bits per heavy atom. The van der Waals surface area contributed by atoms with Crippen LogP contribution in [0.25, 0.3) is 10.9 Å². The number of carbonyl (C=O) groups is 1. The molecule has 1 heterocycles. The summed E-state index contributed by atoms with van der Waals surface area (Å²) < 4.78 is 21.8. The second-order valence-corrected chi connectivity index (χ2v) is 9.22. The molecule has 0 bridgehead atoms. The van der Waals surface area contributed by atoms with Crippen molar-refractivity contribution in [2.24, 2.45) is 5.92 Å². The second-order valence-electron chi connectivity index (χ2n) is 8.82. The van der Waals surface area contributed by atoms with Crippen LogP contribution in [0.2, 0.25) is 5.02 Å². The Morgan fingerprint density at radius 2 is 2.00 bits per heavy atom. The van der Waals surface area contributed by atoms with Crippen LogP contribution in [0.5, 0.6) is 5.75 Å². The SMILES string of the molecule is COc1cc(Cc2cccc(Cl)c2F)cc2c(=O)c(C(=O)O)cn(C(CO)C3CCCCC3)c12. The highest BCUT2D eigenvalue weighted by molar-refractivity contribution is 6.30. The van der Waals surface area contributed by atoms with E-state index in [2.05, 4.69) is 0 Å². The van der Waals surface area contributed by atoms with E-state index in [-0.39, 0.29) is 34.9 Å². The fourth-order valence-corrected chi connectivity index (χ4v) is 5.27. The third-order valence-corrected chi connectivity index (χ3v) is 7.06. The molecule has 2 aromatic carbocycles. The number of aliphatic hydroxyl groups excluding tert-OH is 1. The van der Waals surface area contributed by atoms with Crippen molar-refractivity contribution >= 4 is 28.5 Å². The predicted octanol–water partition coefficient (Wildman–Crippen LogP) is 5.21. The predicted molar refractivity (Wildman–Crippen MR) is 129 cm³/mol. The highest BCUT2D eigenvalue weighted by atomic mass is 35.5. The van der Waals surface area contributed by atoms with Gasteiger partial charge in [0.1, 0.15) is 17.1 Å². The zero-order chi connectivity index (χ0) is 24.4. The summed E-state index contributed by atoms with van der Waals surface area (Å²) in [6.07, 6.45) is 6.50. The summed E-state index contributed by atoms with van der Waals surface area (Å²) >= 11 is 5.92. The van der Waals surface area contributed by atoms with Crippen LogP contribution in [-0.4, -0.2) is 34.5 Å². The molecule has 1 aliphatic carbocycles. The maximum absolute atomic E-state index is 14.5. The second kappa shape index (κ2) is 10.2. The van der Waals surface area contributed by atoms with E-state index in [9.17, 15) is 24.2 Å². The Bertz CT molecular complexity index is 1280. The van der Waals surface area contributed by atoms with Crippen molar-refractivity contribution in [1.29, 1.82) is 0 Å². The van der Waals surface area contributed by atoms with Gasteiger partial charge < -0.3 is 19.5 Å². The van der Waals surface area contributed by atoms with Crippen molar-refractivity contribution in [3.8, 4) is 5.75 Å². The fraction of sp³-hybridized carbons (Fsp3) is 0.385. The Labute approximate surface area is 201 Å². The number of pyridine rings is 1. The molecule has 0 saturated heterocycles. The largest absolute Gasteiger partial charge is 0.495 e. The van der Waals surface area contributed by atoms with Gasteiger partial charge in [-0.1, -0.05) is 43.0 Å². The standard InChI is InChI=1S/C26H27ClFNO5/c1-34-22-12-15(10-17-8-5-9-20(27)23(17)28)11-18-24(22)29(13-19(25(18)31)26(32)33)21(14-30)16-6-3-2-4-7-16/h5,8-9,11-13,16,21,30H,2-4,6-7,10,14H2,1H3,(H,32,33). The minimum Gasteiger partial charge on any atom is -0.495 e. The number of methoxy groups -OCH3 is 1. The van der Waals surface area contributed by atoms with Gasteiger partial charge in [-0.15, -0.1) is 0 Å². The van der Waals surface area contributed by atoms with Crippen molar-refractivity contribution in [3.05, 3.63) is 74.3 Å². The van der Waals surface area contributed by atoms with Crippen LogP contribution in [0.4, 0.5) is 4.39 Å². The zero-order valence-corrected chi connectivity index (χ0v) is 19.6. The van der Waals surface area contributed by atoms with E-state index in [0.29, 0.717) is 22.4 Å². The van der Waals surface area contributed by atoms with Crippen LogP contribution in [0.15, 0.2) is 41.3 Å². The van der Waals surface area contributed by atoms with Gasteiger partial charge in [0.05, 0.1) is 35.7 Å². The summed E-state index contributed by atoms with van der Waals surface area (Å²) in [4.78, 5) is 25.1. The Balaban J connectivity index is 1.94. The summed E-state index contributed by atoms with van der Waals surface area (Å²) in [6, 6.07) is 7.61. The van der Waals surface area contributed by atoms with Crippen molar-refractivity contribution in [2.45, 2.75) is 44.6 Å². The van der Waals surface area contributed by atoms with Gasteiger partial charge in [0.15, 0.2) is 0 Å². The molecule has 3 aromatic rings. The maximum Gasteiger partial charge on any atom is 0.341 e. The first-order valence-corrected chi connectivity index (χ1v) is 11.8. The van der Waals surface area contributed by atoms with E-state index in [1.807, 2.05) is 0 Å². The summed E-state index contributed by atoms with van der Waals surface area (Å²) in [7, 11) is 1.47. The summed E-state index contributed by atoms with van der Waals surface area (Å²) in [5.41, 5.74) is 0.326. The van der Waals surface area contributed by atoms with Crippen LogP contribution in [0.1, 0.15) is 59.6 Å². The summed E-state index contributed by atoms with van der Waals surface area (Å²) in [5, 5.41) is 20.2. The monoisotopic (exact) mass is 487 g/mol. The number of ether oxygens (including phenoxy) is 1. The van der Waals surface area contributed by atoms with Gasteiger partial charge in [0.25, 0.3) is 0 Å². The first-order chi connectivity index (χ1) is 16.3. The number of aliphatic hydroxyl groups is 1. The quantitative estimate of drug-likeness (QED) is 0.478. The molecule has 1 fully saturated rings. The van der Waals surface area contributed by atoms with E-state index >= 15 is 0 Å². The number of hydrogen-bond donors (Lipinski definition) is 2. The minimum absolute atomic E-state index is 0.000886. The topological polar surface area (TPSA) is 88.8 Å². The molecule has 0 aliphatic heterocycles. The lowest BCUT2D eigenvalue weighted by atomic mass is 9.83. The summed E-state index contributed by atoms with van der Waals surface area (Å²) in [6.45, 7) is -0.194. The van der Waals surface area contributed by atoms with Gasteiger partial charge in [-0.3, -0.25) is 4.79 Å². The molecule has 34 heavy (non-hydrogen) atoms. The smallest absolute Gasteiger partial charge is 0.341 e. The van der Waals surface area contributed by atoms with Crippen molar-refractivity contribution in [3.63, 3.8) is 0 Å². The van der Waals surface area contributed by atoms with Gasteiger partial charge in [-0.05, 0) is 48.1 Å². The normalized spacial score (nSPS) is 15.4. The molecule has 1 unspecified atom stereocenters. The first kappa shape index (κ1) is 24.2. The Kier molecular flexibility index (Phi) is 7.24. The fourth-order valence-electron chi connectivity index (χ4n) is 5.07. The number of benzene rings is 2. The number of aromatic nitrogens is 1.